The van der Waals surface area contributed by atoms with Crippen molar-refractivity contribution in [2.45, 2.75) is 32.9 Å². The molecule has 0 amide bonds. The van der Waals surface area contributed by atoms with Gasteiger partial charge in [-0.15, -0.1) is 0 Å². The van der Waals surface area contributed by atoms with Crippen LogP contribution in [-0.4, -0.2) is 9.97 Å². The Morgan fingerprint density at radius 1 is 1.44 bits per heavy atom. The highest BCUT2D eigenvalue weighted by atomic mass is 19.1. The van der Waals surface area contributed by atoms with Gasteiger partial charge in [0.1, 0.15) is 17.9 Å². The van der Waals surface area contributed by atoms with Crippen molar-refractivity contribution in [3.05, 3.63) is 38.2 Å². The van der Waals surface area contributed by atoms with E-state index in [-0.39, 0.29) is 16.9 Å². The molecule has 0 aliphatic rings. The minimum Gasteiger partial charge on any atom is -0.403 e. The molecule has 0 radical (unpaired) electrons. The van der Waals surface area contributed by atoms with Crippen molar-refractivity contribution in [1.82, 2.24) is 9.97 Å². The second-order valence-electron chi connectivity index (χ2n) is 4.02. The summed E-state index contributed by atoms with van der Waals surface area (Å²) in [5, 5.41) is 0.236. The van der Waals surface area contributed by atoms with Crippen molar-refractivity contribution in [2.24, 2.45) is 0 Å². The third-order valence-electron chi connectivity index (χ3n) is 2.67. The number of hydrogen-bond acceptors (Lipinski definition) is 4. The lowest BCUT2D eigenvalue weighted by atomic mass is 10.1. The number of alkyl halides is 1. The predicted octanol–water partition coefficient (Wildman–Crippen LogP) is 1.69. The minimum absolute atomic E-state index is 0.0926. The predicted molar refractivity (Wildman–Crippen MR) is 64.3 cm³/mol. The first-order valence-electron chi connectivity index (χ1n) is 5.77. The SMILES string of the molecule is CCCCc1cc(=O)oc2nc(CF)[nH]c(=O)c12. The third-order valence-corrected chi connectivity index (χ3v) is 2.67. The number of H-pyrrole nitrogens is 1. The second-order valence-corrected chi connectivity index (χ2v) is 4.02. The number of fused-ring (bicyclic) bond motifs is 1. The Balaban J connectivity index is 2.71. The van der Waals surface area contributed by atoms with Crippen LogP contribution in [0.5, 0.6) is 0 Å². The van der Waals surface area contributed by atoms with Crippen LogP contribution < -0.4 is 11.2 Å². The summed E-state index contributed by atoms with van der Waals surface area (Å²) >= 11 is 0. The monoisotopic (exact) mass is 252 g/mol. The molecule has 2 aromatic heterocycles. The van der Waals surface area contributed by atoms with Gasteiger partial charge in [-0.25, -0.2) is 9.18 Å². The lowest BCUT2D eigenvalue weighted by Crippen LogP contribution is -2.15. The number of halogens is 1. The fourth-order valence-corrected chi connectivity index (χ4v) is 1.82. The second kappa shape index (κ2) is 5.12. The van der Waals surface area contributed by atoms with Crippen molar-refractivity contribution < 1.29 is 8.81 Å². The summed E-state index contributed by atoms with van der Waals surface area (Å²) < 4.78 is 17.3. The molecular weight excluding hydrogens is 239 g/mol. The van der Waals surface area contributed by atoms with E-state index in [2.05, 4.69) is 9.97 Å². The maximum atomic E-state index is 12.5. The maximum Gasteiger partial charge on any atom is 0.337 e. The minimum atomic E-state index is -0.909. The van der Waals surface area contributed by atoms with Crippen LogP contribution in [0.3, 0.4) is 0 Å². The van der Waals surface area contributed by atoms with E-state index < -0.39 is 17.9 Å². The van der Waals surface area contributed by atoms with E-state index in [0.717, 1.165) is 12.8 Å². The van der Waals surface area contributed by atoms with Gasteiger partial charge in [-0.2, -0.15) is 4.98 Å². The van der Waals surface area contributed by atoms with Crippen molar-refractivity contribution in [3.8, 4) is 0 Å². The van der Waals surface area contributed by atoms with Gasteiger partial charge >= 0.3 is 5.63 Å². The molecule has 2 heterocycles. The molecule has 0 saturated carbocycles. The summed E-state index contributed by atoms with van der Waals surface area (Å²) in [6.07, 6.45) is 2.39. The molecule has 0 unspecified atom stereocenters. The van der Waals surface area contributed by atoms with Crippen LogP contribution in [0.25, 0.3) is 11.1 Å². The van der Waals surface area contributed by atoms with E-state index in [0.29, 0.717) is 12.0 Å². The van der Waals surface area contributed by atoms with Gasteiger partial charge in [-0.05, 0) is 18.4 Å². The molecule has 0 saturated heterocycles. The van der Waals surface area contributed by atoms with Crippen LogP contribution >= 0.6 is 0 Å². The van der Waals surface area contributed by atoms with E-state index in [1.165, 1.54) is 6.07 Å². The standard InChI is InChI=1S/C12H13FN2O3/c1-2-3-4-7-5-9(16)18-12-10(7)11(17)14-8(6-13)15-12/h5H,2-4,6H2,1H3,(H,14,15,17). The Morgan fingerprint density at radius 3 is 2.89 bits per heavy atom. The Hall–Kier alpha value is -1.98. The van der Waals surface area contributed by atoms with E-state index in [4.69, 9.17) is 4.42 Å². The van der Waals surface area contributed by atoms with Crippen molar-refractivity contribution >= 4 is 11.1 Å². The largest absolute Gasteiger partial charge is 0.403 e. The molecule has 0 spiro atoms. The van der Waals surface area contributed by atoms with E-state index in [1.807, 2.05) is 6.92 Å². The lowest BCUT2D eigenvalue weighted by Gasteiger charge is -2.03. The molecule has 1 N–H and O–H groups in total. The van der Waals surface area contributed by atoms with Gasteiger partial charge in [-0.1, -0.05) is 13.3 Å². The number of aromatic nitrogens is 2. The Labute approximate surface area is 102 Å². The van der Waals surface area contributed by atoms with E-state index in [1.54, 1.807) is 0 Å². The molecule has 0 aliphatic heterocycles. The average molecular weight is 252 g/mol. The molecule has 96 valence electrons. The Kier molecular flexibility index (Phi) is 3.55. The number of unbranched alkanes of at least 4 members (excludes halogenated alkanes) is 1. The first kappa shape index (κ1) is 12.5. The van der Waals surface area contributed by atoms with Gasteiger partial charge < -0.3 is 9.40 Å². The number of hydrogen-bond donors (Lipinski definition) is 1. The van der Waals surface area contributed by atoms with Crippen LogP contribution in [-0.2, 0) is 13.1 Å². The maximum absolute atomic E-state index is 12.5. The molecule has 0 bridgehead atoms. The van der Waals surface area contributed by atoms with Gasteiger partial charge in [0.05, 0.1) is 0 Å². The number of aromatic amines is 1. The zero-order valence-electron chi connectivity index (χ0n) is 9.96. The van der Waals surface area contributed by atoms with Crippen LogP contribution in [0, 0.1) is 0 Å². The molecule has 0 aromatic carbocycles. The van der Waals surface area contributed by atoms with Crippen LogP contribution in [0.1, 0.15) is 31.2 Å². The number of aryl methyl sites for hydroxylation is 1. The van der Waals surface area contributed by atoms with E-state index >= 15 is 0 Å². The molecule has 0 atom stereocenters. The summed E-state index contributed by atoms with van der Waals surface area (Å²) in [6.45, 7) is 1.10. The van der Waals surface area contributed by atoms with Gasteiger partial charge in [-0.3, -0.25) is 4.79 Å². The number of nitrogens with zero attached hydrogens (tertiary/aromatic N) is 1. The quantitative estimate of drug-likeness (QED) is 0.898. The number of nitrogens with one attached hydrogen (secondary N) is 1. The van der Waals surface area contributed by atoms with Crippen LogP contribution in [0.4, 0.5) is 4.39 Å². The van der Waals surface area contributed by atoms with Gasteiger partial charge in [0.2, 0.25) is 5.71 Å². The summed E-state index contributed by atoms with van der Waals surface area (Å²) in [6, 6.07) is 1.30. The molecule has 18 heavy (non-hydrogen) atoms. The van der Waals surface area contributed by atoms with E-state index in [9.17, 15) is 14.0 Å². The third kappa shape index (κ3) is 2.32. The molecular formula is C12H13FN2O3. The summed E-state index contributed by atoms with van der Waals surface area (Å²) in [4.78, 5) is 29.3. The molecule has 2 rings (SSSR count). The Morgan fingerprint density at radius 2 is 2.22 bits per heavy atom. The van der Waals surface area contributed by atoms with Gasteiger partial charge in [0.15, 0.2) is 0 Å². The van der Waals surface area contributed by atoms with Crippen LogP contribution in [0.15, 0.2) is 20.1 Å². The molecule has 2 aromatic rings. The fraction of sp³-hybridized carbons (Fsp3) is 0.417. The van der Waals surface area contributed by atoms with Gasteiger partial charge in [0.25, 0.3) is 5.56 Å². The zero-order valence-corrected chi connectivity index (χ0v) is 9.96. The first-order valence-corrected chi connectivity index (χ1v) is 5.77. The molecule has 5 nitrogen and oxygen atoms in total. The zero-order chi connectivity index (χ0) is 13.1. The Bertz CT molecular complexity index is 675. The molecule has 0 aliphatic carbocycles. The van der Waals surface area contributed by atoms with Crippen molar-refractivity contribution in [2.75, 3.05) is 0 Å². The highest BCUT2D eigenvalue weighted by Gasteiger charge is 2.12. The smallest absolute Gasteiger partial charge is 0.337 e. The highest BCUT2D eigenvalue weighted by molar-refractivity contribution is 5.75. The first-order chi connectivity index (χ1) is 8.65. The topological polar surface area (TPSA) is 76.0 Å². The fourth-order valence-electron chi connectivity index (χ4n) is 1.82. The average Bonchev–Trinajstić information content (AvgIpc) is 2.34. The van der Waals surface area contributed by atoms with Crippen LogP contribution in [0.2, 0.25) is 0 Å². The molecule has 6 heteroatoms. The van der Waals surface area contributed by atoms with Crippen molar-refractivity contribution in [3.63, 3.8) is 0 Å². The van der Waals surface area contributed by atoms with Crippen molar-refractivity contribution in [1.29, 1.82) is 0 Å². The molecule has 0 fully saturated rings. The number of rotatable bonds is 4. The lowest BCUT2D eigenvalue weighted by molar-refractivity contribution is 0.460. The summed E-state index contributed by atoms with van der Waals surface area (Å²) in [5.41, 5.74) is -0.536. The summed E-state index contributed by atoms with van der Waals surface area (Å²) in [7, 11) is 0. The highest BCUT2D eigenvalue weighted by Crippen LogP contribution is 2.13. The normalized spacial score (nSPS) is 11.0. The van der Waals surface area contributed by atoms with Gasteiger partial charge in [0, 0.05) is 6.07 Å². The summed E-state index contributed by atoms with van der Waals surface area (Å²) in [5.74, 6) is -0.136.